The molecule has 0 aromatic heterocycles. The molecule has 1 nitrogen and oxygen atoms in total. The van der Waals surface area contributed by atoms with E-state index in [2.05, 4.69) is 5.32 Å². The van der Waals surface area contributed by atoms with Gasteiger partial charge in [0.1, 0.15) is 0 Å². The molecule has 2 rings (SSSR count). The molecule has 1 aromatic rings. The minimum atomic E-state index is -4.23. The molecule has 0 saturated carbocycles. The minimum Gasteiger partial charge on any atom is -0.314 e. The van der Waals surface area contributed by atoms with Crippen molar-refractivity contribution in [2.45, 2.75) is 17.8 Å². The van der Waals surface area contributed by atoms with Crippen LogP contribution in [0.15, 0.2) is 24.3 Å². The predicted molar refractivity (Wildman–Crippen MR) is 64.3 cm³/mol. The van der Waals surface area contributed by atoms with E-state index in [0.717, 1.165) is 43.0 Å². The SMILES string of the molecule is FC(F)(F)c1ccc(CCSC2CNC2)cc1. The minimum absolute atomic E-state index is 0.572. The van der Waals surface area contributed by atoms with Crippen molar-refractivity contribution in [3.63, 3.8) is 0 Å². The van der Waals surface area contributed by atoms with Crippen LogP contribution in [-0.4, -0.2) is 24.1 Å². The Hall–Kier alpha value is -0.680. The number of thioether (sulfide) groups is 1. The summed E-state index contributed by atoms with van der Waals surface area (Å²) in [5.41, 5.74) is 0.398. The lowest BCUT2D eigenvalue weighted by atomic mass is 10.1. The average molecular weight is 261 g/mol. The summed E-state index contributed by atoms with van der Waals surface area (Å²) in [6, 6.07) is 5.46. The van der Waals surface area contributed by atoms with Gasteiger partial charge in [0.25, 0.3) is 0 Å². The van der Waals surface area contributed by atoms with E-state index >= 15 is 0 Å². The van der Waals surface area contributed by atoms with Gasteiger partial charge in [-0.2, -0.15) is 24.9 Å². The van der Waals surface area contributed by atoms with Gasteiger partial charge >= 0.3 is 6.18 Å². The summed E-state index contributed by atoms with van der Waals surface area (Å²) in [5, 5.41) is 3.87. The van der Waals surface area contributed by atoms with E-state index in [1.54, 1.807) is 12.1 Å². The third-order valence-electron chi connectivity index (χ3n) is 2.77. The Morgan fingerprint density at radius 3 is 2.29 bits per heavy atom. The first kappa shape index (κ1) is 12.8. The molecule has 1 aliphatic heterocycles. The summed E-state index contributed by atoms with van der Waals surface area (Å²) in [5.74, 6) is 0.970. The molecular weight excluding hydrogens is 247 g/mol. The molecule has 1 heterocycles. The zero-order chi connectivity index (χ0) is 12.3. The quantitative estimate of drug-likeness (QED) is 0.894. The second-order valence-corrected chi connectivity index (χ2v) is 5.50. The molecule has 0 amide bonds. The monoisotopic (exact) mass is 261 g/mol. The zero-order valence-electron chi connectivity index (χ0n) is 9.26. The Labute approximate surface area is 103 Å². The number of hydrogen-bond acceptors (Lipinski definition) is 2. The largest absolute Gasteiger partial charge is 0.416 e. The lowest BCUT2D eigenvalue weighted by molar-refractivity contribution is -0.137. The van der Waals surface area contributed by atoms with E-state index < -0.39 is 11.7 Å². The van der Waals surface area contributed by atoms with Gasteiger partial charge in [-0.05, 0) is 29.9 Å². The number of alkyl halides is 3. The van der Waals surface area contributed by atoms with Gasteiger partial charge in [0.15, 0.2) is 0 Å². The molecule has 1 aliphatic rings. The van der Waals surface area contributed by atoms with E-state index in [1.807, 2.05) is 11.8 Å². The maximum absolute atomic E-state index is 12.3. The van der Waals surface area contributed by atoms with Crippen molar-refractivity contribution in [1.82, 2.24) is 5.32 Å². The van der Waals surface area contributed by atoms with Crippen molar-refractivity contribution in [2.75, 3.05) is 18.8 Å². The van der Waals surface area contributed by atoms with E-state index in [4.69, 9.17) is 0 Å². The van der Waals surface area contributed by atoms with Gasteiger partial charge in [-0.3, -0.25) is 0 Å². The fraction of sp³-hybridized carbons (Fsp3) is 0.500. The normalized spacial score (nSPS) is 16.9. The standard InChI is InChI=1S/C12H14F3NS/c13-12(14,15)10-3-1-9(2-4-10)5-6-17-11-7-16-8-11/h1-4,11,16H,5-8H2. The fourth-order valence-electron chi connectivity index (χ4n) is 1.58. The molecule has 0 bridgehead atoms. The molecule has 17 heavy (non-hydrogen) atoms. The number of nitrogens with one attached hydrogen (secondary N) is 1. The van der Waals surface area contributed by atoms with E-state index in [1.165, 1.54) is 0 Å². The van der Waals surface area contributed by atoms with Crippen molar-refractivity contribution < 1.29 is 13.2 Å². The van der Waals surface area contributed by atoms with Gasteiger partial charge in [0.2, 0.25) is 0 Å². The van der Waals surface area contributed by atoms with Crippen LogP contribution in [-0.2, 0) is 12.6 Å². The van der Waals surface area contributed by atoms with Crippen molar-refractivity contribution in [3.05, 3.63) is 35.4 Å². The summed E-state index contributed by atoms with van der Waals surface area (Å²) >= 11 is 1.88. The van der Waals surface area contributed by atoms with Crippen LogP contribution in [0.5, 0.6) is 0 Å². The molecule has 5 heteroatoms. The zero-order valence-corrected chi connectivity index (χ0v) is 10.1. The maximum Gasteiger partial charge on any atom is 0.416 e. The maximum atomic E-state index is 12.3. The second-order valence-electron chi connectivity index (χ2n) is 4.10. The second kappa shape index (κ2) is 5.31. The van der Waals surface area contributed by atoms with Crippen molar-refractivity contribution in [1.29, 1.82) is 0 Å². The lowest BCUT2D eigenvalue weighted by Gasteiger charge is -2.26. The number of halogens is 3. The van der Waals surface area contributed by atoms with Crippen LogP contribution in [0.25, 0.3) is 0 Å². The van der Waals surface area contributed by atoms with Crippen LogP contribution in [0, 0.1) is 0 Å². The summed E-state index contributed by atoms with van der Waals surface area (Å²) < 4.78 is 37.0. The Kier molecular flexibility index (Phi) is 3.99. The predicted octanol–water partition coefficient (Wildman–Crippen LogP) is 2.95. The Balaban J connectivity index is 1.81. The molecule has 1 fully saturated rings. The highest BCUT2D eigenvalue weighted by Gasteiger charge is 2.29. The first-order valence-corrected chi connectivity index (χ1v) is 6.59. The highest BCUT2D eigenvalue weighted by atomic mass is 32.2. The third kappa shape index (κ3) is 3.64. The van der Waals surface area contributed by atoms with Crippen LogP contribution in [0.3, 0.4) is 0 Å². The summed E-state index contributed by atoms with van der Waals surface area (Å²) in [6.45, 7) is 2.11. The Morgan fingerprint density at radius 2 is 1.82 bits per heavy atom. The van der Waals surface area contributed by atoms with Gasteiger partial charge in [-0.25, -0.2) is 0 Å². The Morgan fingerprint density at radius 1 is 1.18 bits per heavy atom. The van der Waals surface area contributed by atoms with Crippen LogP contribution >= 0.6 is 11.8 Å². The first-order valence-electron chi connectivity index (χ1n) is 5.54. The molecule has 1 aromatic carbocycles. The summed E-state index contributed by atoms with van der Waals surface area (Å²) in [4.78, 5) is 0. The van der Waals surface area contributed by atoms with Gasteiger partial charge < -0.3 is 5.32 Å². The molecule has 1 saturated heterocycles. The number of benzene rings is 1. The van der Waals surface area contributed by atoms with Gasteiger partial charge in [-0.15, -0.1) is 0 Å². The molecule has 0 atom stereocenters. The Bertz CT molecular complexity index is 357. The highest BCUT2D eigenvalue weighted by molar-refractivity contribution is 8.00. The summed E-state index contributed by atoms with van der Waals surface area (Å²) in [6.07, 6.45) is -3.40. The van der Waals surface area contributed by atoms with Gasteiger partial charge in [-0.1, -0.05) is 12.1 Å². The van der Waals surface area contributed by atoms with Crippen molar-refractivity contribution in [3.8, 4) is 0 Å². The van der Waals surface area contributed by atoms with Gasteiger partial charge in [0, 0.05) is 18.3 Å². The average Bonchev–Trinajstić information content (AvgIpc) is 2.21. The molecule has 0 spiro atoms. The smallest absolute Gasteiger partial charge is 0.314 e. The summed E-state index contributed by atoms with van der Waals surface area (Å²) in [7, 11) is 0. The fourth-order valence-corrected chi connectivity index (χ4v) is 2.74. The van der Waals surface area contributed by atoms with E-state index in [0.29, 0.717) is 5.25 Å². The van der Waals surface area contributed by atoms with E-state index in [9.17, 15) is 13.2 Å². The first-order chi connectivity index (χ1) is 8.05. The molecule has 0 aliphatic carbocycles. The number of aryl methyl sites for hydroxylation is 1. The van der Waals surface area contributed by atoms with E-state index in [-0.39, 0.29) is 0 Å². The molecule has 0 radical (unpaired) electrons. The van der Waals surface area contributed by atoms with Crippen LogP contribution in [0.2, 0.25) is 0 Å². The number of rotatable bonds is 4. The topological polar surface area (TPSA) is 12.0 Å². The molecule has 94 valence electrons. The van der Waals surface area contributed by atoms with Crippen LogP contribution in [0.4, 0.5) is 13.2 Å². The molecular formula is C12H14F3NS. The van der Waals surface area contributed by atoms with Gasteiger partial charge in [0.05, 0.1) is 5.56 Å². The lowest BCUT2D eigenvalue weighted by Crippen LogP contribution is -2.44. The van der Waals surface area contributed by atoms with Crippen molar-refractivity contribution >= 4 is 11.8 Å². The molecule has 1 N–H and O–H groups in total. The third-order valence-corrected chi connectivity index (χ3v) is 4.01. The highest BCUT2D eigenvalue weighted by Crippen LogP contribution is 2.29. The van der Waals surface area contributed by atoms with Crippen LogP contribution in [0.1, 0.15) is 11.1 Å². The van der Waals surface area contributed by atoms with Crippen molar-refractivity contribution in [2.24, 2.45) is 0 Å². The van der Waals surface area contributed by atoms with Crippen LogP contribution < -0.4 is 5.32 Å². The number of hydrogen-bond donors (Lipinski definition) is 1. The molecule has 0 unspecified atom stereocenters.